The number of ether oxygens (including phenoxy) is 1. The van der Waals surface area contributed by atoms with Crippen LogP contribution in [0.5, 0.6) is 5.75 Å². The van der Waals surface area contributed by atoms with Crippen LogP contribution in [-0.2, 0) is 0 Å². The van der Waals surface area contributed by atoms with Crippen molar-refractivity contribution in [2.75, 3.05) is 13.7 Å². The zero-order valence-corrected chi connectivity index (χ0v) is 9.81. The first-order valence-electron chi connectivity index (χ1n) is 4.50. The van der Waals surface area contributed by atoms with E-state index in [0.29, 0.717) is 0 Å². The van der Waals surface area contributed by atoms with Gasteiger partial charge in [-0.05, 0) is 18.2 Å². The number of halogens is 4. The van der Waals surface area contributed by atoms with Gasteiger partial charge in [0.2, 0.25) is 0 Å². The van der Waals surface area contributed by atoms with Crippen molar-refractivity contribution >= 4 is 12.4 Å². The molecule has 98 valence electrons. The van der Waals surface area contributed by atoms with E-state index >= 15 is 0 Å². The Morgan fingerprint density at radius 3 is 2.53 bits per heavy atom. The average Bonchev–Trinajstić information content (AvgIpc) is 2.28. The van der Waals surface area contributed by atoms with Gasteiger partial charge in [-0.1, -0.05) is 0 Å². The summed E-state index contributed by atoms with van der Waals surface area (Å²) in [5, 5.41) is 8.49. The van der Waals surface area contributed by atoms with Crippen molar-refractivity contribution in [1.29, 1.82) is 0 Å². The van der Waals surface area contributed by atoms with Gasteiger partial charge < -0.3 is 15.6 Å². The fourth-order valence-electron chi connectivity index (χ4n) is 1.27. The third kappa shape index (κ3) is 3.49. The molecule has 0 bridgehead atoms. The molecule has 1 atom stereocenters. The first-order valence-corrected chi connectivity index (χ1v) is 4.50. The Morgan fingerprint density at radius 2 is 2.06 bits per heavy atom. The maximum Gasteiger partial charge on any atom is 0.289 e. The molecule has 1 aromatic carbocycles. The molecule has 0 fully saturated rings. The lowest BCUT2D eigenvalue weighted by Crippen LogP contribution is -2.36. The van der Waals surface area contributed by atoms with Crippen molar-refractivity contribution in [3.8, 4) is 5.75 Å². The molecule has 7 heteroatoms. The second-order valence-corrected chi connectivity index (χ2v) is 3.28. The van der Waals surface area contributed by atoms with E-state index in [2.05, 4.69) is 0 Å². The summed E-state index contributed by atoms with van der Waals surface area (Å²) < 4.78 is 44.0. The predicted octanol–water partition coefficient (Wildman–Crippen LogP) is 1.88. The number of hydrogen-bond donors (Lipinski definition) is 2. The molecular weight excluding hydrogens is 259 g/mol. The van der Waals surface area contributed by atoms with Crippen molar-refractivity contribution in [3.63, 3.8) is 0 Å². The smallest absolute Gasteiger partial charge is 0.289 e. The van der Waals surface area contributed by atoms with Gasteiger partial charge in [-0.25, -0.2) is 13.2 Å². The summed E-state index contributed by atoms with van der Waals surface area (Å²) in [7, 11) is 1.26. The predicted molar refractivity (Wildman–Crippen MR) is 59.2 cm³/mol. The minimum atomic E-state index is -3.53. The molecule has 0 heterocycles. The molecule has 17 heavy (non-hydrogen) atoms. The van der Waals surface area contributed by atoms with E-state index in [1.165, 1.54) is 13.2 Å². The summed E-state index contributed by atoms with van der Waals surface area (Å²) in [6.45, 7) is -1.41. The molecule has 3 N–H and O–H groups in total. The van der Waals surface area contributed by atoms with Gasteiger partial charge in [0.25, 0.3) is 5.92 Å². The summed E-state index contributed by atoms with van der Waals surface area (Å²) in [5.74, 6) is -4.16. The standard InChI is InChI=1S/C10H12F3NO2.ClH/c1-16-8-3-2-6(11)4-7(8)9(14)10(12,13)5-15;/h2-4,9,15H,5,14H2,1H3;1H/t9-;/m0./s1. The van der Waals surface area contributed by atoms with Crippen LogP contribution in [0.15, 0.2) is 18.2 Å². The Bertz CT molecular complexity index is 377. The molecule has 0 amide bonds. The van der Waals surface area contributed by atoms with Crippen LogP contribution in [0.3, 0.4) is 0 Å². The van der Waals surface area contributed by atoms with E-state index in [1.54, 1.807) is 0 Å². The van der Waals surface area contributed by atoms with Crippen molar-refractivity contribution in [1.82, 2.24) is 0 Å². The largest absolute Gasteiger partial charge is 0.496 e. The third-order valence-electron chi connectivity index (χ3n) is 2.19. The van der Waals surface area contributed by atoms with Crippen LogP contribution in [0.4, 0.5) is 13.2 Å². The lowest BCUT2D eigenvalue weighted by Gasteiger charge is -2.23. The number of hydrogen-bond acceptors (Lipinski definition) is 3. The number of nitrogens with two attached hydrogens (primary N) is 1. The zero-order valence-electron chi connectivity index (χ0n) is 8.99. The summed E-state index contributed by atoms with van der Waals surface area (Å²) in [4.78, 5) is 0. The number of methoxy groups -OCH3 is 1. The van der Waals surface area contributed by atoms with E-state index in [1.807, 2.05) is 0 Å². The number of benzene rings is 1. The minimum Gasteiger partial charge on any atom is -0.496 e. The summed E-state index contributed by atoms with van der Waals surface area (Å²) in [5.41, 5.74) is 5.09. The van der Waals surface area contributed by atoms with Crippen molar-refractivity contribution in [2.24, 2.45) is 5.73 Å². The van der Waals surface area contributed by atoms with Gasteiger partial charge in [0.05, 0.1) is 7.11 Å². The van der Waals surface area contributed by atoms with Crippen LogP contribution < -0.4 is 10.5 Å². The van der Waals surface area contributed by atoms with Gasteiger partial charge in [-0.3, -0.25) is 0 Å². The van der Waals surface area contributed by atoms with E-state index < -0.39 is 24.4 Å². The van der Waals surface area contributed by atoms with Gasteiger partial charge >= 0.3 is 0 Å². The molecule has 1 aromatic rings. The molecule has 0 aliphatic carbocycles. The molecule has 0 spiro atoms. The van der Waals surface area contributed by atoms with Gasteiger partial charge in [0.1, 0.15) is 24.2 Å². The molecular formula is C10H13ClF3NO2. The Kier molecular flexibility index (Phi) is 5.74. The molecule has 0 radical (unpaired) electrons. The van der Waals surface area contributed by atoms with Crippen molar-refractivity contribution in [3.05, 3.63) is 29.6 Å². The van der Waals surface area contributed by atoms with E-state index in [0.717, 1.165) is 12.1 Å². The summed E-state index contributed by atoms with van der Waals surface area (Å²) >= 11 is 0. The molecule has 0 aliphatic heterocycles. The lowest BCUT2D eigenvalue weighted by atomic mass is 10.0. The SMILES string of the molecule is COc1ccc(F)cc1[C@H](N)C(F)(F)CO.Cl. The van der Waals surface area contributed by atoms with Gasteiger partial charge in [-0.15, -0.1) is 12.4 Å². The maximum absolute atomic E-state index is 13.1. The van der Waals surface area contributed by atoms with Crippen molar-refractivity contribution < 1.29 is 23.0 Å². The highest BCUT2D eigenvalue weighted by Gasteiger charge is 2.38. The normalized spacial score (nSPS) is 12.8. The van der Waals surface area contributed by atoms with Crippen LogP contribution in [0, 0.1) is 5.82 Å². The fourth-order valence-corrected chi connectivity index (χ4v) is 1.27. The average molecular weight is 272 g/mol. The molecule has 0 aromatic heterocycles. The molecule has 0 aliphatic rings. The molecule has 3 nitrogen and oxygen atoms in total. The van der Waals surface area contributed by atoms with Crippen LogP contribution in [0.2, 0.25) is 0 Å². The third-order valence-corrected chi connectivity index (χ3v) is 2.19. The first kappa shape index (κ1) is 16.0. The number of aliphatic hydroxyl groups excluding tert-OH is 1. The first-order chi connectivity index (χ1) is 7.42. The van der Waals surface area contributed by atoms with Crippen LogP contribution in [0.1, 0.15) is 11.6 Å². The van der Waals surface area contributed by atoms with Gasteiger partial charge in [0, 0.05) is 5.56 Å². The van der Waals surface area contributed by atoms with Gasteiger partial charge in [-0.2, -0.15) is 0 Å². The number of aliphatic hydroxyl groups is 1. The van der Waals surface area contributed by atoms with Crippen molar-refractivity contribution in [2.45, 2.75) is 12.0 Å². The second-order valence-electron chi connectivity index (χ2n) is 3.28. The quantitative estimate of drug-likeness (QED) is 0.879. The molecule has 1 rings (SSSR count). The second kappa shape index (κ2) is 6.09. The lowest BCUT2D eigenvalue weighted by molar-refractivity contribution is -0.0716. The highest BCUT2D eigenvalue weighted by molar-refractivity contribution is 5.85. The number of rotatable bonds is 4. The Morgan fingerprint density at radius 1 is 1.47 bits per heavy atom. The Hall–Kier alpha value is -0.980. The maximum atomic E-state index is 13.1. The Labute approximate surface area is 103 Å². The Balaban J connectivity index is 0.00000256. The highest BCUT2D eigenvalue weighted by Crippen LogP contribution is 2.34. The van der Waals surface area contributed by atoms with E-state index in [4.69, 9.17) is 15.6 Å². The minimum absolute atomic E-state index is 0. The van der Waals surface area contributed by atoms with E-state index in [-0.39, 0.29) is 23.7 Å². The zero-order chi connectivity index (χ0) is 12.3. The summed E-state index contributed by atoms with van der Waals surface area (Å²) in [6, 6.07) is 1.33. The molecule has 0 saturated carbocycles. The van der Waals surface area contributed by atoms with Crippen LogP contribution in [-0.4, -0.2) is 24.7 Å². The fraction of sp³-hybridized carbons (Fsp3) is 0.400. The topological polar surface area (TPSA) is 55.5 Å². The van der Waals surface area contributed by atoms with Crippen LogP contribution >= 0.6 is 12.4 Å². The van der Waals surface area contributed by atoms with Gasteiger partial charge in [0.15, 0.2) is 0 Å². The molecule has 0 saturated heterocycles. The highest BCUT2D eigenvalue weighted by atomic mass is 35.5. The number of alkyl halides is 2. The van der Waals surface area contributed by atoms with Crippen LogP contribution in [0.25, 0.3) is 0 Å². The van der Waals surface area contributed by atoms with E-state index in [9.17, 15) is 13.2 Å². The molecule has 0 unspecified atom stereocenters. The summed E-state index contributed by atoms with van der Waals surface area (Å²) in [6.07, 6.45) is 0. The monoisotopic (exact) mass is 271 g/mol.